The number of hydrogen-bond acceptors (Lipinski definition) is 2. The van der Waals surface area contributed by atoms with E-state index in [0.717, 1.165) is 11.4 Å². The summed E-state index contributed by atoms with van der Waals surface area (Å²) in [7, 11) is 0. The van der Waals surface area contributed by atoms with Gasteiger partial charge in [0.25, 0.3) is 0 Å². The summed E-state index contributed by atoms with van der Waals surface area (Å²) in [6.45, 7) is 10.9. The number of aliphatic imine (C=N–C) groups is 1. The first-order chi connectivity index (χ1) is 5.38. The van der Waals surface area contributed by atoms with Crippen LogP contribution in [-0.2, 0) is 0 Å². The van der Waals surface area contributed by atoms with E-state index in [-0.39, 0.29) is 0 Å². The second-order valence-corrected chi connectivity index (χ2v) is 1.53. The predicted octanol–water partition coefficient (Wildman–Crippen LogP) is 2.41. The Morgan fingerprint density at radius 3 is 2.64 bits per heavy atom. The van der Waals surface area contributed by atoms with Crippen LogP contribution in [0.3, 0.4) is 0 Å². The number of rotatable bonds is 2. The Morgan fingerprint density at radius 2 is 2.27 bits per heavy atom. The molecule has 3 nitrogen and oxygen atoms in total. The Labute approximate surface area is 66.9 Å². The van der Waals surface area contributed by atoms with Crippen LogP contribution >= 0.6 is 0 Å². The average molecular weight is 151 g/mol. The molecule has 0 saturated heterocycles. The molecule has 0 unspecified atom stereocenters. The molecular formula is C8H13N3. The van der Waals surface area contributed by atoms with E-state index in [9.17, 15) is 0 Å². The van der Waals surface area contributed by atoms with Crippen molar-refractivity contribution in [1.29, 1.82) is 0 Å². The van der Waals surface area contributed by atoms with Crippen molar-refractivity contribution in [3.8, 4) is 0 Å². The maximum atomic E-state index is 3.73. The standard InChI is InChI=1S/C6H7N3.C2H6/c1-3-5-6(7-2)4-8-9-5;1-2/h3-4H,1-2H2,(H,8,9);1-2H3. The van der Waals surface area contributed by atoms with Gasteiger partial charge >= 0.3 is 0 Å². The van der Waals surface area contributed by atoms with Crippen LogP contribution in [-0.4, -0.2) is 16.9 Å². The lowest BCUT2D eigenvalue weighted by molar-refractivity contribution is 1.08. The van der Waals surface area contributed by atoms with Crippen molar-refractivity contribution in [2.45, 2.75) is 13.8 Å². The minimum Gasteiger partial charge on any atom is -0.276 e. The van der Waals surface area contributed by atoms with Gasteiger partial charge in [0.05, 0.1) is 11.9 Å². The van der Waals surface area contributed by atoms with Gasteiger partial charge in [-0.2, -0.15) is 5.10 Å². The fourth-order valence-electron chi connectivity index (χ4n) is 0.566. The summed E-state index contributed by atoms with van der Waals surface area (Å²) in [5.41, 5.74) is 1.55. The van der Waals surface area contributed by atoms with Gasteiger partial charge in [0.15, 0.2) is 0 Å². The van der Waals surface area contributed by atoms with Crippen LogP contribution in [0.15, 0.2) is 17.8 Å². The van der Waals surface area contributed by atoms with Gasteiger partial charge in [-0.05, 0) is 12.8 Å². The quantitative estimate of drug-likeness (QED) is 0.648. The maximum absolute atomic E-state index is 3.73. The van der Waals surface area contributed by atoms with Crippen molar-refractivity contribution in [3.63, 3.8) is 0 Å². The van der Waals surface area contributed by atoms with E-state index in [0.29, 0.717) is 0 Å². The Hall–Kier alpha value is -1.38. The number of hydrogen-bond donors (Lipinski definition) is 1. The maximum Gasteiger partial charge on any atom is 0.107 e. The molecule has 0 bridgehead atoms. The zero-order valence-corrected chi connectivity index (χ0v) is 6.96. The molecule has 0 aliphatic heterocycles. The van der Waals surface area contributed by atoms with E-state index < -0.39 is 0 Å². The molecule has 0 aliphatic carbocycles. The van der Waals surface area contributed by atoms with Crippen molar-refractivity contribution in [1.82, 2.24) is 10.2 Å². The molecule has 0 saturated carbocycles. The summed E-state index contributed by atoms with van der Waals surface area (Å²) in [6, 6.07) is 0. The normalized spacial score (nSPS) is 7.82. The largest absolute Gasteiger partial charge is 0.276 e. The lowest BCUT2D eigenvalue weighted by atomic mass is 10.4. The van der Waals surface area contributed by atoms with Crippen molar-refractivity contribution in [2.75, 3.05) is 0 Å². The van der Waals surface area contributed by atoms with Gasteiger partial charge in [-0.3, -0.25) is 10.1 Å². The van der Waals surface area contributed by atoms with E-state index in [1.54, 1.807) is 12.3 Å². The highest BCUT2D eigenvalue weighted by Crippen LogP contribution is 2.14. The van der Waals surface area contributed by atoms with Crippen LogP contribution in [0.25, 0.3) is 6.08 Å². The molecule has 0 amide bonds. The van der Waals surface area contributed by atoms with Gasteiger partial charge in [-0.15, -0.1) is 0 Å². The highest BCUT2D eigenvalue weighted by molar-refractivity contribution is 5.60. The molecule has 11 heavy (non-hydrogen) atoms. The third kappa shape index (κ3) is 2.37. The number of nitrogens with zero attached hydrogens (tertiary/aromatic N) is 2. The van der Waals surface area contributed by atoms with Gasteiger partial charge in [0.1, 0.15) is 5.69 Å². The van der Waals surface area contributed by atoms with Crippen LogP contribution in [0.4, 0.5) is 5.69 Å². The zero-order valence-electron chi connectivity index (χ0n) is 6.96. The summed E-state index contributed by atoms with van der Waals surface area (Å²) in [6.07, 6.45) is 3.25. The molecule has 0 fully saturated rings. The predicted molar refractivity (Wildman–Crippen MR) is 49.2 cm³/mol. The summed E-state index contributed by atoms with van der Waals surface area (Å²) in [5.74, 6) is 0. The fourth-order valence-corrected chi connectivity index (χ4v) is 0.566. The summed E-state index contributed by atoms with van der Waals surface area (Å²) in [5, 5.41) is 6.44. The monoisotopic (exact) mass is 151 g/mol. The molecule has 0 spiro atoms. The Balaban J connectivity index is 0.000000461. The molecule has 1 rings (SSSR count). The minimum absolute atomic E-state index is 0.741. The molecule has 1 aromatic rings. The lowest BCUT2D eigenvalue weighted by Crippen LogP contribution is -1.68. The number of nitrogens with one attached hydrogen (secondary N) is 1. The Bertz CT molecular complexity index is 202. The van der Waals surface area contributed by atoms with Crippen molar-refractivity contribution in [2.24, 2.45) is 4.99 Å². The minimum atomic E-state index is 0.741. The second-order valence-electron chi connectivity index (χ2n) is 1.53. The number of aromatic nitrogens is 2. The van der Waals surface area contributed by atoms with E-state index in [1.807, 2.05) is 13.8 Å². The molecule has 0 aromatic carbocycles. The first kappa shape index (κ1) is 9.62. The molecule has 1 aromatic heterocycles. The molecule has 0 aliphatic rings. The highest BCUT2D eigenvalue weighted by atomic mass is 15.1. The summed E-state index contributed by atoms with van der Waals surface area (Å²) < 4.78 is 0. The van der Waals surface area contributed by atoms with Gasteiger partial charge in [0.2, 0.25) is 0 Å². The SMILES string of the molecule is C=Cc1[nH]ncc1N=C.CC. The number of aromatic amines is 1. The molecule has 1 N–H and O–H groups in total. The van der Waals surface area contributed by atoms with Crippen LogP contribution in [0.2, 0.25) is 0 Å². The third-order valence-electron chi connectivity index (χ3n) is 1.02. The summed E-state index contributed by atoms with van der Waals surface area (Å²) >= 11 is 0. The van der Waals surface area contributed by atoms with Crippen LogP contribution in [0.1, 0.15) is 19.5 Å². The molecular weight excluding hydrogens is 138 g/mol. The first-order valence-corrected chi connectivity index (χ1v) is 3.51. The Morgan fingerprint density at radius 1 is 1.64 bits per heavy atom. The average Bonchev–Trinajstić information content (AvgIpc) is 2.54. The van der Waals surface area contributed by atoms with E-state index in [2.05, 4.69) is 28.5 Å². The van der Waals surface area contributed by atoms with Gasteiger partial charge in [-0.25, -0.2) is 0 Å². The van der Waals surface area contributed by atoms with Gasteiger partial charge < -0.3 is 0 Å². The highest BCUT2D eigenvalue weighted by Gasteiger charge is 1.94. The second kappa shape index (κ2) is 5.41. The number of H-pyrrole nitrogens is 1. The van der Waals surface area contributed by atoms with Gasteiger partial charge in [0, 0.05) is 0 Å². The van der Waals surface area contributed by atoms with E-state index in [1.165, 1.54) is 0 Å². The zero-order chi connectivity index (χ0) is 8.69. The first-order valence-electron chi connectivity index (χ1n) is 3.51. The Kier molecular flexibility index (Phi) is 4.73. The smallest absolute Gasteiger partial charge is 0.107 e. The van der Waals surface area contributed by atoms with E-state index >= 15 is 0 Å². The van der Waals surface area contributed by atoms with Gasteiger partial charge in [-0.1, -0.05) is 20.4 Å². The van der Waals surface area contributed by atoms with Crippen molar-refractivity contribution in [3.05, 3.63) is 18.5 Å². The molecule has 0 radical (unpaired) electrons. The van der Waals surface area contributed by atoms with Crippen LogP contribution < -0.4 is 0 Å². The topological polar surface area (TPSA) is 41.0 Å². The summed E-state index contributed by atoms with van der Waals surface area (Å²) in [4.78, 5) is 3.69. The van der Waals surface area contributed by atoms with E-state index in [4.69, 9.17) is 0 Å². The lowest BCUT2D eigenvalue weighted by Gasteiger charge is -1.83. The van der Waals surface area contributed by atoms with Crippen LogP contribution in [0.5, 0.6) is 0 Å². The third-order valence-corrected chi connectivity index (χ3v) is 1.02. The molecule has 3 heteroatoms. The molecule has 1 heterocycles. The fraction of sp³-hybridized carbons (Fsp3) is 0.250. The van der Waals surface area contributed by atoms with Crippen LogP contribution in [0, 0.1) is 0 Å². The molecule has 60 valence electrons. The molecule has 0 atom stereocenters. The van der Waals surface area contributed by atoms with Crippen molar-refractivity contribution < 1.29 is 0 Å². The van der Waals surface area contributed by atoms with Crippen molar-refractivity contribution >= 4 is 18.5 Å².